The van der Waals surface area contributed by atoms with Crippen LogP contribution in [0.25, 0.3) is 16.9 Å². The molecular formula is C34H48N2. The summed E-state index contributed by atoms with van der Waals surface area (Å²) in [5.74, 6) is 0. The zero-order valence-electron chi connectivity index (χ0n) is 23.2. The van der Waals surface area contributed by atoms with E-state index in [0.717, 1.165) is 41.8 Å². The molecule has 2 nitrogen and oxygen atoms in total. The first kappa shape index (κ1) is 28.1. The van der Waals surface area contributed by atoms with Crippen molar-refractivity contribution < 1.29 is 4.70 Å². The third-order valence-electron chi connectivity index (χ3n) is 7.42. The molecule has 3 rings (SSSR count). The van der Waals surface area contributed by atoms with E-state index in [1.165, 1.54) is 98.4 Å². The van der Waals surface area contributed by atoms with E-state index in [-0.39, 0.29) is 0 Å². The molecule has 2 aromatic carbocycles. The first-order chi connectivity index (χ1) is 17.7. The Bertz CT molecular complexity index is 1030. The number of allylic oxidation sites excluding steroid dienone is 2. The van der Waals surface area contributed by atoms with Crippen LogP contribution in [0.15, 0.2) is 60.2 Å². The third-order valence-corrected chi connectivity index (χ3v) is 7.42. The van der Waals surface area contributed by atoms with E-state index in [0.29, 0.717) is 0 Å². The summed E-state index contributed by atoms with van der Waals surface area (Å²) in [6, 6.07) is 17.6. The quantitative estimate of drug-likeness (QED) is 0.158. The number of nitrogens with zero attached hydrogens (tertiary/aromatic N) is 2. The SMILES string of the molecule is CCCCCCCCCCC1=C(c2cccc(CCCC)c2)[N+](=[N-])C(c2cccc(CCCC)c2)=C1. The molecule has 0 atom stereocenters. The van der Waals surface area contributed by atoms with Gasteiger partial charge in [0.2, 0.25) is 11.4 Å². The van der Waals surface area contributed by atoms with Gasteiger partial charge in [0.25, 0.3) is 0 Å². The lowest BCUT2D eigenvalue weighted by atomic mass is 9.98. The summed E-state index contributed by atoms with van der Waals surface area (Å²) in [4.78, 5) is 0. The van der Waals surface area contributed by atoms with Gasteiger partial charge in [-0.1, -0.05) is 103 Å². The fourth-order valence-electron chi connectivity index (χ4n) is 5.23. The van der Waals surface area contributed by atoms with Crippen LogP contribution in [0.3, 0.4) is 0 Å². The predicted octanol–water partition coefficient (Wildman–Crippen LogP) is 10.7. The van der Waals surface area contributed by atoms with Gasteiger partial charge in [-0.25, -0.2) is 4.70 Å². The zero-order chi connectivity index (χ0) is 25.6. The highest BCUT2D eigenvalue weighted by atomic mass is 15.2. The Hall–Kier alpha value is -2.48. The molecule has 0 fully saturated rings. The number of aryl methyl sites for hydroxylation is 2. The molecule has 0 unspecified atom stereocenters. The summed E-state index contributed by atoms with van der Waals surface area (Å²) in [6.07, 6.45) is 20.8. The average Bonchev–Trinajstić information content (AvgIpc) is 3.24. The van der Waals surface area contributed by atoms with E-state index in [2.05, 4.69) is 75.4 Å². The smallest absolute Gasteiger partial charge is 0.210 e. The van der Waals surface area contributed by atoms with Crippen molar-refractivity contribution in [3.05, 3.63) is 88.0 Å². The summed E-state index contributed by atoms with van der Waals surface area (Å²) < 4.78 is 1.47. The maximum atomic E-state index is 11.5. The molecule has 0 saturated carbocycles. The lowest BCUT2D eigenvalue weighted by Crippen LogP contribution is -2.03. The van der Waals surface area contributed by atoms with Crippen molar-refractivity contribution in [2.75, 3.05) is 0 Å². The zero-order valence-corrected chi connectivity index (χ0v) is 23.2. The van der Waals surface area contributed by atoms with Gasteiger partial charge >= 0.3 is 0 Å². The minimum absolute atomic E-state index is 0.914. The van der Waals surface area contributed by atoms with Gasteiger partial charge in [0.15, 0.2) is 0 Å². The molecule has 0 N–H and O–H groups in total. The van der Waals surface area contributed by atoms with Gasteiger partial charge in [0.05, 0.1) is 0 Å². The van der Waals surface area contributed by atoms with Crippen molar-refractivity contribution in [3.63, 3.8) is 0 Å². The second-order valence-corrected chi connectivity index (χ2v) is 10.5. The molecule has 0 aliphatic carbocycles. The lowest BCUT2D eigenvalue weighted by Gasteiger charge is -2.11. The van der Waals surface area contributed by atoms with Gasteiger partial charge in [-0.2, -0.15) is 0 Å². The highest BCUT2D eigenvalue weighted by Crippen LogP contribution is 2.38. The van der Waals surface area contributed by atoms with E-state index in [1.54, 1.807) is 0 Å². The van der Waals surface area contributed by atoms with Crippen molar-refractivity contribution in [1.29, 1.82) is 0 Å². The number of unbranched alkanes of at least 4 members (excludes halogenated alkanes) is 9. The standard InChI is InChI=1S/C34H48N2/c1-4-7-10-11-12-13-14-15-22-32-27-33(30-23-16-20-28(25-30)18-8-5-2)36(35)34(32)31-24-17-21-29(26-31)19-9-6-3/h16-17,20-21,23-27H,4-15,18-19,22H2,1-3H3. The highest BCUT2D eigenvalue weighted by molar-refractivity contribution is 5.78. The Labute approximate surface area is 221 Å². The van der Waals surface area contributed by atoms with Crippen LogP contribution >= 0.6 is 0 Å². The van der Waals surface area contributed by atoms with E-state index in [9.17, 15) is 5.53 Å². The summed E-state index contributed by atoms with van der Waals surface area (Å²) in [5, 5.41) is 0. The first-order valence-corrected chi connectivity index (χ1v) is 14.8. The average molecular weight is 485 g/mol. The molecule has 0 radical (unpaired) electrons. The molecule has 194 valence electrons. The minimum Gasteiger partial charge on any atom is -0.493 e. The molecular weight excluding hydrogens is 436 g/mol. The third kappa shape index (κ3) is 8.29. The van der Waals surface area contributed by atoms with Crippen LogP contribution in [0, 0.1) is 0 Å². The van der Waals surface area contributed by atoms with Crippen LogP contribution < -0.4 is 0 Å². The van der Waals surface area contributed by atoms with Gasteiger partial charge in [0.1, 0.15) is 0 Å². The number of rotatable bonds is 17. The largest absolute Gasteiger partial charge is 0.493 e. The molecule has 0 bridgehead atoms. The highest BCUT2D eigenvalue weighted by Gasteiger charge is 2.28. The Morgan fingerprint density at radius 2 is 1.11 bits per heavy atom. The van der Waals surface area contributed by atoms with Gasteiger partial charge in [-0.05, 0) is 73.9 Å². The van der Waals surface area contributed by atoms with Crippen LogP contribution in [0.2, 0.25) is 0 Å². The van der Waals surface area contributed by atoms with Gasteiger partial charge in [0, 0.05) is 22.8 Å². The Kier molecular flexibility index (Phi) is 12.2. The predicted molar refractivity (Wildman–Crippen MR) is 156 cm³/mol. The summed E-state index contributed by atoms with van der Waals surface area (Å²) in [5.41, 5.74) is 19.6. The van der Waals surface area contributed by atoms with Gasteiger partial charge in [-0.15, -0.1) is 0 Å². The maximum absolute atomic E-state index is 11.5. The maximum Gasteiger partial charge on any atom is 0.210 e. The monoisotopic (exact) mass is 484 g/mol. The summed E-state index contributed by atoms with van der Waals surface area (Å²) in [7, 11) is 0. The topological polar surface area (TPSA) is 25.3 Å². The van der Waals surface area contributed by atoms with E-state index in [4.69, 9.17) is 0 Å². The second-order valence-electron chi connectivity index (χ2n) is 10.5. The molecule has 1 aliphatic heterocycles. The molecule has 0 spiro atoms. The van der Waals surface area contributed by atoms with Gasteiger partial charge in [-0.3, -0.25) is 0 Å². The number of benzene rings is 2. The minimum atomic E-state index is 0.914. The van der Waals surface area contributed by atoms with Crippen molar-refractivity contribution in [2.24, 2.45) is 0 Å². The van der Waals surface area contributed by atoms with E-state index >= 15 is 0 Å². The molecule has 1 heterocycles. The van der Waals surface area contributed by atoms with Crippen molar-refractivity contribution in [3.8, 4) is 0 Å². The van der Waals surface area contributed by atoms with Crippen LogP contribution in [-0.2, 0) is 12.8 Å². The molecule has 0 aromatic heterocycles. The number of hydrogen-bond donors (Lipinski definition) is 0. The Morgan fingerprint density at radius 3 is 1.72 bits per heavy atom. The molecule has 1 aliphatic rings. The fourth-order valence-corrected chi connectivity index (χ4v) is 5.23. The Balaban J connectivity index is 1.78. The Morgan fingerprint density at radius 1 is 0.583 bits per heavy atom. The molecule has 0 amide bonds. The van der Waals surface area contributed by atoms with Gasteiger partial charge < -0.3 is 5.53 Å². The van der Waals surface area contributed by atoms with Crippen LogP contribution in [0.1, 0.15) is 126 Å². The first-order valence-electron chi connectivity index (χ1n) is 14.8. The normalized spacial score (nSPS) is 13.5. The van der Waals surface area contributed by atoms with E-state index in [1.807, 2.05) is 0 Å². The molecule has 0 saturated heterocycles. The van der Waals surface area contributed by atoms with Crippen molar-refractivity contribution in [1.82, 2.24) is 0 Å². The van der Waals surface area contributed by atoms with E-state index < -0.39 is 0 Å². The van der Waals surface area contributed by atoms with Crippen molar-refractivity contribution in [2.45, 2.75) is 117 Å². The molecule has 36 heavy (non-hydrogen) atoms. The lowest BCUT2D eigenvalue weighted by molar-refractivity contribution is -0.344. The second kappa shape index (κ2) is 15.6. The van der Waals surface area contributed by atoms with Crippen LogP contribution in [-0.4, -0.2) is 4.70 Å². The van der Waals surface area contributed by atoms with Crippen LogP contribution in [0.5, 0.6) is 0 Å². The fraction of sp³-hybridized carbons (Fsp3) is 0.529. The van der Waals surface area contributed by atoms with Crippen LogP contribution in [0.4, 0.5) is 0 Å². The molecule has 2 heteroatoms. The molecule has 2 aromatic rings. The summed E-state index contributed by atoms with van der Waals surface area (Å²) in [6.45, 7) is 6.76. The van der Waals surface area contributed by atoms with Crippen molar-refractivity contribution >= 4 is 11.4 Å². The summed E-state index contributed by atoms with van der Waals surface area (Å²) >= 11 is 0. The number of hydrogen-bond acceptors (Lipinski definition) is 0.